The van der Waals surface area contributed by atoms with Gasteiger partial charge in [-0.2, -0.15) is 11.8 Å². The number of nitrogens with one attached hydrogen (secondary N) is 1. The summed E-state index contributed by atoms with van der Waals surface area (Å²) in [4.78, 5) is 15.2. The minimum absolute atomic E-state index is 0.0264. The molecule has 2 aromatic rings. The third-order valence-electron chi connectivity index (χ3n) is 5.42. The van der Waals surface area contributed by atoms with Crippen molar-refractivity contribution in [1.29, 1.82) is 0 Å². The molecule has 0 radical (unpaired) electrons. The minimum atomic E-state index is -0.0264. The van der Waals surface area contributed by atoms with Crippen LogP contribution in [0.3, 0.4) is 0 Å². The minimum Gasteiger partial charge on any atom is -0.497 e. The number of hydrogen-bond acceptors (Lipinski definition) is 4. The van der Waals surface area contributed by atoms with Gasteiger partial charge in [-0.3, -0.25) is 4.79 Å². The van der Waals surface area contributed by atoms with Gasteiger partial charge in [-0.15, -0.1) is 0 Å². The summed E-state index contributed by atoms with van der Waals surface area (Å²) < 4.78 is 5.19. The molecule has 0 unspecified atom stereocenters. The van der Waals surface area contributed by atoms with Crippen LogP contribution in [0.2, 0.25) is 5.02 Å². The molecule has 0 bridgehead atoms. The second kappa shape index (κ2) is 10.9. The highest BCUT2D eigenvalue weighted by atomic mass is 35.5. The van der Waals surface area contributed by atoms with Gasteiger partial charge in [0.2, 0.25) is 5.91 Å². The first-order chi connectivity index (χ1) is 14.1. The summed E-state index contributed by atoms with van der Waals surface area (Å²) in [6.07, 6.45) is 0.989. The molecule has 1 fully saturated rings. The lowest BCUT2D eigenvalue weighted by molar-refractivity contribution is -0.127. The molecule has 0 spiro atoms. The predicted octanol–water partition coefficient (Wildman–Crippen LogP) is 4.43. The summed E-state index contributed by atoms with van der Waals surface area (Å²) in [5.41, 5.74) is 2.47. The van der Waals surface area contributed by atoms with Gasteiger partial charge >= 0.3 is 0 Å². The maximum atomic E-state index is 12.9. The van der Waals surface area contributed by atoms with Crippen LogP contribution in [0.4, 0.5) is 0 Å². The van der Waals surface area contributed by atoms with Gasteiger partial charge in [0.15, 0.2) is 0 Å². The van der Waals surface area contributed by atoms with E-state index < -0.39 is 0 Å². The van der Waals surface area contributed by atoms with Crippen molar-refractivity contribution < 1.29 is 9.53 Å². The Morgan fingerprint density at radius 1 is 1.21 bits per heavy atom. The van der Waals surface area contributed by atoms with Gasteiger partial charge in [0.05, 0.1) is 13.0 Å². The number of rotatable bonds is 8. The molecule has 3 rings (SSSR count). The Kier molecular flexibility index (Phi) is 8.28. The lowest BCUT2D eigenvalue weighted by Crippen LogP contribution is -2.45. The lowest BCUT2D eigenvalue weighted by atomic mass is 9.80. The topological polar surface area (TPSA) is 41.6 Å². The van der Waals surface area contributed by atoms with Crippen molar-refractivity contribution in [2.24, 2.45) is 5.92 Å². The van der Waals surface area contributed by atoms with E-state index >= 15 is 0 Å². The number of ether oxygens (including phenoxy) is 1. The Morgan fingerprint density at radius 2 is 1.93 bits per heavy atom. The number of thioether (sulfide) groups is 1. The second-order valence-corrected chi connectivity index (χ2v) is 9.05. The Hall–Kier alpha value is -1.69. The normalized spacial score (nSPS) is 19.7. The first kappa shape index (κ1) is 22.0. The number of hydrogen-bond donors (Lipinski definition) is 1. The zero-order valence-corrected chi connectivity index (χ0v) is 18.6. The van der Waals surface area contributed by atoms with Gasteiger partial charge in [-0.1, -0.05) is 35.9 Å². The summed E-state index contributed by atoms with van der Waals surface area (Å²) in [5, 5.41) is 3.89. The highest BCUT2D eigenvalue weighted by Crippen LogP contribution is 2.33. The zero-order valence-electron chi connectivity index (χ0n) is 17.1. The molecule has 2 atom stereocenters. The van der Waals surface area contributed by atoms with Gasteiger partial charge in [0.25, 0.3) is 0 Å². The van der Waals surface area contributed by atoms with Gasteiger partial charge in [-0.25, -0.2) is 0 Å². The van der Waals surface area contributed by atoms with E-state index in [1.165, 1.54) is 11.1 Å². The van der Waals surface area contributed by atoms with Crippen molar-refractivity contribution in [3.63, 3.8) is 0 Å². The third-order valence-corrected chi connectivity index (χ3v) is 6.71. The fraction of sp³-hybridized carbons (Fsp3) is 0.435. The average Bonchev–Trinajstić information content (AvgIpc) is 2.74. The molecule has 29 heavy (non-hydrogen) atoms. The van der Waals surface area contributed by atoms with E-state index in [-0.39, 0.29) is 17.7 Å². The monoisotopic (exact) mass is 432 g/mol. The van der Waals surface area contributed by atoms with Gasteiger partial charge in [-0.05, 0) is 61.3 Å². The number of carbonyl (C=O) groups is 1. The Bertz CT molecular complexity index is 782. The Labute approximate surface area is 183 Å². The molecular weight excluding hydrogens is 404 g/mol. The Morgan fingerprint density at radius 3 is 2.62 bits per heavy atom. The molecule has 1 N–H and O–H groups in total. The van der Waals surface area contributed by atoms with E-state index in [0.29, 0.717) is 6.54 Å². The molecule has 1 amide bonds. The van der Waals surface area contributed by atoms with Gasteiger partial charge in [0.1, 0.15) is 5.75 Å². The molecule has 4 nitrogen and oxygen atoms in total. The van der Waals surface area contributed by atoms with Crippen molar-refractivity contribution in [2.45, 2.75) is 18.1 Å². The summed E-state index contributed by atoms with van der Waals surface area (Å²) in [6.45, 7) is 2.49. The molecule has 1 heterocycles. The van der Waals surface area contributed by atoms with Crippen molar-refractivity contribution in [3.8, 4) is 5.75 Å². The molecule has 0 aliphatic carbocycles. The lowest BCUT2D eigenvalue weighted by Gasteiger charge is -2.36. The fourth-order valence-electron chi connectivity index (χ4n) is 3.78. The number of methoxy groups -OCH3 is 1. The number of carbonyl (C=O) groups excluding carboxylic acids is 1. The Balaban J connectivity index is 1.47. The first-order valence-electron chi connectivity index (χ1n) is 9.99. The van der Waals surface area contributed by atoms with Crippen molar-refractivity contribution >= 4 is 29.3 Å². The smallest absolute Gasteiger partial charge is 0.225 e. The quantitative estimate of drug-likeness (QED) is 0.626. The second-order valence-electron chi connectivity index (χ2n) is 7.51. The summed E-state index contributed by atoms with van der Waals surface area (Å²) in [6, 6.07) is 16.1. The maximum Gasteiger partial charge on any atom is 0.225 e. The molecule has 1 aliphatic rings. The highest BCUT2D eigenvalue weighted by Gasteiger charge is 2.33. The van der Waals surface area contributed by atoms with Crippen LogP contribution in [0.5, 0.6) is 5.75 Å². The number of nitrogens with zero attached hydrogens (tertiary/aromatic N) is 1. The van der Waals surface area contributed by atoms with Crippen LogP contribution < -0.4 is 10.1 Å². The maximum absolute atomic E-state index is 12.9. The third kappa shape index (κ3) is 6.39. The number of amides is 1. The summed E-state index contributed by atoms with van der Waals surface area (Å²) >= 11 is 7.86. The molecule has 1 saturated heterocycles. The molecular formula is C23H29ClN2O2S. The van der Waals surface area contributed by atoms with Crippen LogP contribution in [0, 0.1) is 5.92 Å². The van der Waals surface area contributed by atoms with Gasteiger partial charge < -0.3 is 15.0 Å². The number of halogens is 1. The standard InChI is InChI=1S/C23H29ClN2O2S/c1-26-13-11-21(18-5-7-19(24)8-6-18)22(15-26)23(27)25-12-14-29-16-17-3-9-20(28-2)10-4-17/h3-10,21-22H,11-16H2,1-2H3,(H,25,27)/t21-,22-/m0/s1. The van der Waals surface area contributed by atoms with E-state index in [2.05, 4.69) is 41.5 Å². The number of piperidine rings is 1. The molecule has 0 saturated carbocycles. The molecule has 1 aliphatic heterocycles. The predicted molar refractivity (Wildman–Crippen MR) is 122 cm³/mol. The molecule has 0 aromatic heterocycles. The van der Waals surface area contributed by atoms with Crippen LogP contribution in [0.1, 0.15) is 23.5 Å². The average molecular weight is 433 g/mol. The van der Waals surface area contributed by atoms with Crippen LogP contribution in [-0.2, 0) is 10.5 Å². The van der Waals surface area contributed by atoms with E-state index in [1.807, 2.05) is 36.0 Å². The summed E-state index contributed by atoms with van der Waals surface area (Å²) in [5.74, 6) is 3.07. The fourth-order valence-corrected chi connectivity index (χ4v) is 4.72. The van der Waals surface area contributed by atoms with Crippen LogP contribution in [0.25, 0.3) is 0 Å². The van der Waals surface area contributed by atoms with Crippen LogP contribution in [0.15, 0.2) is 48.5 Å². The van der Waals surface area contributed by atoms with E-state index in [9.17, 15) is 4.79 Å². The highest BCUT2D eigenvalue weighted by molar-refractivity contribution is 7.98. The summed E-state index contributed by atoms with van der Waals surface area (Å²) in [7, 11) is 3.76. The number of likely N-dealkylation sites (tertiary alicyclic amines) is 1. The number of benzene rings is 2. The van der Waals surface area contributed by atoms with E-state index in [1.54, 1.807) is 7.11 Å². The molecule has 2 aromatic carbocycles. The van der Waals surface area contributed by atoms with Crippen molar-refractivity contribution in [1.82, 2.24) is 10.2 Å². The largest absolute Gasteiger partial charge is 0.497 e. The zero-order chi connectivity index (χ0) is 20.6. The van der Waals surface area contributed by atoms with Gasteiger partial charge in [0, 0.05) is 29.6 Å². The van der Waals surface area contributed by atoms with Crippen LogP contribution in [-0.4, -0.2) is 50.4 Å². The van der Waals surface area contributed by atoms with E-state index in [4.69, 9.17) is 16.3 Å². The first-order valence-corrected chi connectivity index (χ1v) is 11.5. The SMILES string of the molecule is COc1ccc(CSCCNC(=O)[C@H]2CN(C)CC[C@H]2c2ccc(Cl)cc2)cc1. The molecule has 156 valence electrons. The van der Waals surface area contributed by atoms with E-state index in [0.717, 1.165) is 41.8 Å². The van der Waals surface area contributed by atoms with Crippen molar-refractivity contribution in [3.05, 3.63) is 64.7 Å². The van der Waals surface area contributed by atoms with Crippen LogP contribution >= 0.6 is 23.4 Å². The molecule has 6 heteroatoms. The van der Waals surface area contributed by atoms with Crippen molar-refractivity contribution in [2.75, 3.05) is 39.5 Å².